The zero-order valence-corrected chi connectivity index (χ0v) is 11.6. The van der Waals surface area contributed by atoms with Gasteiger partial charge in [-0.2, -0.15) is 3.94 Å². The van der Waals surface area contributed by atoms with Crippen molar-refractivity contribution < 1.29 is 0 Å². The van der Waals surface area contributed by atoms with Gasteiger partial charge in [0.05, 0.1) is 6.20 Å². The summed E-state index contributed by atoms with van der Waals surface area (Å²) in [5.74, 6) is 0.173. The summed E-state index contributed by atoms with van der Waals surface area (Å²) in [6, 6.07) is 0. The Kier molecular flexibility index (Phi) is 4.91. The van der Waals surface area contributed by atoms with Crippen LogP contribution in [-0.4, -0.2) is 8.65 Å². The number of aromatic nitrogens is 2. The van der Waals surface area contributed by atoms with Gasteiger partial charge in [-0.3, -0.25) is 9.36 Å². The molecule has 1 aromatic rings. The molecule has 0 fully saturated rings. The number of hydrogen-bond donors (Lipinski definition) is 0. The van der Waals surface area contributed by atoms with E-state index < -0.39 is 11.2 Å². The molecule has 0 aliphatic rings. The van der Waals surface area contributed by atoms with E-state index in [0.717, 1.165) is 21.3 Å². The highest BCUT2D eigenvalue weighted by Crippen LogP contribution is 2.13. The molecule has 5 nitrogen and oxygen atoms in total. The van der Waals surface area contributed by atoms with E-state index in [2.05, 4.69) is 0 Å². The Balaban J connectivity index is 3.37. The van der Waals surface area contributed by atoms with Crippen LogP contribution in [0.3, 0.4) is 0 Å². The SMILES string of the molecule is CCC(C)Cn1c(=O)c(N(Cl)Cl)cn(Cl)c1=O. The Hall–Kier alpha value is -0.650. The van der Waals surface area contributed by atoms with Crippen molar-refractivity contribution in [2.75, 3.05) is 3.94 Å². The average Bonchev–Trinajstić information content (AvgIpc) is 2.28. The standard InChI is InChI=1S/C9H12Cl3N3O2/c1-3-6(2)4-13-8(16)7(15(11)12)5-14(10)9(13)17/h5-6H,3-4H2,1-2H3. The first kappa shape index (κ1) is 14.4. The van der Waals surface area contributed by atoms with Gasteiger partial charge in [0, 0.05) is 41.9 Å². The summed E-state index contributed by atoms with van der Waals surface area (Å²) in [6.45, 7) is 4.17. The van der Waals surface area contributed by atoms with Crippen molar-refractivity contribution in [1.29, 1.82) is 0 Å². The van der Waals surface area contributed by atoms with E-state index in [9.17, 15) is 9.59 Å². The van der Waals surface area contributed by atoms with Crippen molar-refractivity contribution >= 4 is 41.0 Å². The van der Waals surface area contributed by atoms with Crippen LogP contribution >= 0.6 is 35.3 Å². The second-order valence-electron chi connectivity index (χ2n) is 3.77. The third-order valence-corrected chi connectivity index (χ3v) is 3.09. The molecule has 17 heavy (non-hydrogen) atoms. The monoisotopic (exact) mass is 299 g/mol. The predicted octanol–water partition coefficient (Wildman–Crippen LogP) is 2.17. The van der Waals surface area contributed by atoms with Crippen LogP contribution in [-0.2, 0) is 6.54 Å². The predicted molar refractivity (Wildman–Crippen MR) is 69.9 cm³/mol. The largest absolute Gasteiger partial charge is 0.345 e. The van der Waals surface area contributed by atoms with E-state index in [1.807, 2.05) is 13.8 Å². The first-order valence-electron chi connectivity index (χ1n) is 5.02. The first-order valence-corrected chi connectivity index (χ1v) is 6.04. The summed E-state index contributed by atoms with van der Waals surface area (Å²) in [7, 11) is 0. The van der Waals surface area contributed by atoms with E-state index in [4.69, 9.17) is 35.3 Å². The molecule has 0 aliphatic carbocycles. The van der Waals surface area contributed by atoms with Crippen LogP contribution in [0.5, 0.6) is 0 Å². The molecule has 0 N–H and O–H groups in total. The maximum atomic E-state index is 11.9. The summed E-state index contributed by atoms with van der Waals surface area (Å²) in [6.07, 6.45) is 1.92. The molecule has 0 bridgehead atoms. The molecule has 0 saturated heterocycles. The number of anilines is 1. The lowest BCUT2D eigenvalue weighted by Gasteiger charge is -2.13. The van der Waals surface area contributed by atoms with E-state index in [1.54, 1.807) is 0 Å². The van der Waals surface area contributed by atoms with Crippen LogP contribution in [0.2, 0.25) is 0 Å². The van der Waals surface area contributed by atoms with Crippen LogP contribution in [0, 0.1) is 5.92 Å². The zero-order chi connectivity index (χ0) is 13.2. The van der Waals surface area contributed by atoms with Gasteiger partial charge in [-0.1, -0.05) is 20.3 Å². The molecule has 0 aromatic carbocycles. The maximum Gasteiger partial charge on any atom is 0.345 e. The molecule has 1 aromatic heterocycles. The molecule has 0 amide bonds. The van der Waals surface area contributed by atoms with Gasteiger partial charge < -0.3 is 0 Å². The lowest BCUT2D eigenvalue weighted by Crippen LogP contribution is -2.40. The third-order valence-electron chi connectivity index (χ3n) is 2.49. The Morgan fingerprint density at radius 1 is 1.41 bits per heavy atom. The quantitative estimate of drug-likeness (QED) is 0.801. The van der Waals surface area contributed by atoms with Gasteiger partial charge in [-0.25, -0.2) is 8.88 Å². The molecule has 8 heteroatoms. The molecule has 0 aliphatic heterocycles. The summed E-state index contributed by atoms with van der Waals surface area (Å²) in [5.41, 5.74) is -1.22. The lowest BCUT2D eigenvalue weighted by molar-refractivity contribution is 0.445. The molecule has 96 valence electrons. The average molecular weight is 301 g/mol. The van der Waals surface area contributed by atoms with Gasteiger partial charge in [0.25, 0.3) is 5.56 Å². The summed E-state index contributed by atoms with van der Waals surface area (Å²) in [5, 5.41) is 0. The Morgan fingerprint density at radius 2 is 2.00 bits per heavy atom. The van der Waals surface area contributed by atoms with E-state index in [1.165, 1.54) is 0 Å². The number of halogens is 3. The number of nitrogens with zero attached hydrogens (tertiary/aromatic N) is 3. The third kappa shape index (κ3) is 3.18. The minimum atomic E-state index is -0.601. The van der Waals surface area contributed by atoms with E-state index in [-0.39, 0.29) is 18.2 Å². The lowest BCUT2D eigenvalue weighted by atomic mass is 10.1. The van der Waals surface area contributed by atoms with Crippen molar-refractivity contribution in [3.8, 4) is 0 Å². The Bertz CT molecular complexity index is 509. The van der Waals surface area contributed by atoms with E-state index in [0.29, 0.717) is 3.94 Å². The van der Waals surface area contributed by atoms with Crippen molar-refractivity contribution in [3.63, 3.8) is 0 Å². The van der Waals surface area contributed by atoms with Crippen LogP contribution in [0.25, 0.3) is 0 Å². The van der Waals surface area contributed by atoms with Gasteiger partial charge in [0.1, 0.15) is 0 Å². The van der Waals surface area contributed by atoms with Crippen LogP contribution in [0.4, 0.5) is 5.69 Å². The van der Waals surface area contributed by atoms with Crippen LogP contribution < -0.4 is 15.2 Å². The Morgan fingerprint density at radius 3 is 2.47 bits per heavy atom. The van der Waals surface area contributed by atoms with Crippen LogP contribution in [0.15, 0.2) is 15.8 Å². The van der Waals surface area contributed by atoms with Crippen molar-refractivity contribution in [2.24, 2.45) is 5.92 Å². The minimum absolute atomic E-state index is 0.0637. The topological polar surface area (TPSA) is 47.2 Å². The highest BCUT2D eigenvalue weighted by Gasteiger charge is 2.15. The minimum Gasteiger partial charge on any atom is -0.267 e. The number of rotatable bonds is 4. The van der Waals surface area contributed by atoms with Gasteiger partial charge in [-0.05, 0) is 5.92 Å². The fraction of sp³-hybridized carbons (Fsp3) is 0.556. The van der Waals surface area contributed by atoms with Crippen molar-refractivity contribution in [2.45, 2.75) is 26.8 Å². The van der Waals surface area contributed by atoms with Gasteiger partial charge >= 0.3 is 5.69 Å². The van der Waals surface area contributed by atoms with E-state index >= 15 is 0 Å². The second-order valence-corrected chi connectivity index (χ2v) is 4.98. The molecule has 1 rings (SSSR count). The fourth-order valence-electron chi connectivity index (χ4n) is 1.28. The van der Waals surface area contributed by atoms with Gasteiger partial charge in [0.15, 0.2) is 5.69 Å². The number of hydrogen-bond acceptors (Lipinski definition) is 3. The molecule has 1 heterocycles. The second kappa shape index (κ2) is 5.80. The van der Waals surface area contributed by atoms with Gasteiger partial charge in [0.2, 0.25) is 0 Å². The Labute approximate surface area is 113 Å². The fourth-order valence-corrected chi connectivity index (χ4v) is 1.69. The molecule has 0 radical (unpaired) electrons. The summed E-state index contributed by atoms with van der Waals surface area (Å²) < 4.78 is 2.37. The molecular weight excluding hydrogens is 288 g/mol. The molecule has 1 unspecified atom stereocenters. The molecule has 0 saturated carbocycles. The van der Waals surface area contributed by atoms with Crippen LogP contribution in [0.1, 0.15) is 20.3 Å². The van der Waals surface area contributed by atoms with Gasteiger partial charge in [-0.15, -0.1) is 0 Å². The highest BCUT2D eigenvalue weighted by molar-refractivity contribution is 6.49. The highest BCUT2D eigenvalue weighted by atomic mass is 35.5. The first-order chi connectivity index (χ1) is 7.88. The normalized spacial score (nSPS) is 12.5. The molecule has 0 spiro atoms. The zero-order valence-electron chi connectivity index (χ0n) is 9.36. The summed E-state index contributed by atoms with van der Waals surface area (Å²) >= 11 is 16.6. The smallest absolute Gasteiger partial charge is 0.267 e. The molecule has 1 atom stereocenters. The van der Waals surface area contributed by atoms with Crippen molar-refractivity contribution in [3.05, 3.63) is 27.0 Å². The maximum absolute atomic E-state index is 11.9. The summed E-state index contributed by atoms with van der Waals surface area (Å²) in [4.78, 5) is 23.6. The molecular formula is C9H12Cl3N3O2. The van der Waals surface area contributed by atoms with Crippen molar-refractivity contribution in [1.82, 2.24) is 8.65 Å².